The maximum absolute atomic E-state index is 13.1. The highest BCUT2D eigenvalue weighted by molar-refractivity contribution is 6.05. The molecule has 0 unspecified atom stereocenters. The summed E-state index contributed by atoms with van der Waals surface area (Å²) < 4.78 is 13.1. The van der Waals surface area contributed by atoms with Gasteiger partial charge < -0.3 is 5.73 Å². The van der Waals surface area contributed by atoms with E-state index < -0.39 is 5.41 Å². The number of likely N-dealkylation sites (tertiary alicyclic amines) is 1. The summed E-state index contributed by atoms with van der Waals surface area (Å²) in [7, 11) is 0. The second-order valence-corrected chi connectivity index (χ2v) is 5.46. The van der Waals surface area contributed by atoms with Gasteiger partial charge in [0.15, 0.2) is 0 Å². The van der Waals surface area contributed by atoms with E-state index in [0.717, 1.165) is 0 Å². The van der Waals surface area contributed by atoms with Crippen molar-refractivity contribution >= 4 is 11.8 Å². The zero-order valence-electron chi connectivity index (χ0n) is 11.1. The minimum Gasteiger partial charge on any atom is -0.326 e. The highest BCUT2D eigenvalue weighted by Gasteiger charge is 2.44. The van der Waals surface area contributed by atoms with Gasteiger partial charge in [0.05, 0.1) is 12.0 Å². The van der Waals surface area contributed by atoms with Crippen molar-refractivity contribution in [1.82, 2.24) is 4.90 Å². The molecule has 1 aliphatic rings. The number of imide groups is 1. The smallest absolute Gasteiger partial charge is 0.235 e. The number of nitrogens with zero attached hydrogens (tertiary/aromatic N) is 1. The summed E-state index contributed by atoms with van der Waals surface area (Å²) in [4.78, 5) is 25.2. The largest absolute Gasteiger partial charge is 0.326 e. The molecule has 2 rings (SSSR count). The quantitative estimate of drug-likeness (QED) is 0.843. The molecule has 1 saturated heterocycles. The Kier molecular flexibility index (Phi) is 3.41. The van der Waals surface area contributed by atoms with Crippen molar-refractivity contribution < 1.29 is 14.0 Å². The van der Waals surface area contributed by atoms with Crippen molar-refractivity contribution in [1.29, 1.82) is 0 Å². The molecule has 2 N–H and O–H groups in total. The van der Waals surface area contributed by atoms with E-state index in [1.165, 1.54) is 17.0 Å². The predicted octanol–water partition coefficient (Wildman–Crippen LogP) is 1.57. The SMILES string of the molecule is CC1(C)CC(=O)N(Cc2ccc(F)cc2CN)C1=O. The van der Waals surface area contributed by atoms with Gasteiger partial charge >= 0.3 is 0 Å². The normalized spacial score (nSPS) is 18.2. The van der Waals surface area contributed by atoms with Crippen molar-refractivity contribution in [3.63, 3.8) is 0 Å². The Morgan fingerprint density at radius 1 is 1.32 bits per heavy atom. The van der Waals surface area contributed by atoms with Gasteiger partial charge in [-0.05, 0) is 23.3 Å². The van der Waals surface area contributed by atoms with E-state index >= 15 is 0 Å². The number of carbonyl (C=O) groups is 2. The van der Waals surface area contributed by atoms with Crippen LogP contribution in [0.25, 0.3) is 0 Å². The highest BCUT2D eigenvalue weighted by atomic mass is 19.1. The van der Waals surface area contributed by atoms with Crippen molar-refractivity contribution in [2.45, 2.75) is 33.4 Å². The summed E-state index contributed by atoms with van der Waals surface area (Å²) in [5.74, 6) is -0.754. The molecule has 0 bridgehead atoms. The molecular formula is C14H17FN2O2. The summed E-state index contributed by atoms with van der Waals surface area (Å²) >= 11 is 0. The molecule has 1 fully saturated rings. The lowest BCUT2D eigenvalue weighted by Gasteiger charge is -2.19. The van der Waals surface area contributed by atoms with E-state index in [-0.39, 0.29) is 37.1 Å². The van der Waals surface area contributed by atoms with Gasteiger partial charge in [-0.3, -0.25) is 14.5 Å². The van der Waals surface area contributed by atoms with E-state index in [9.17, 15) is 14.0 Å². The molecule has 0 radical (unpaired) electrons. The molecule has 2 amide bonds. The molecular weight excluding hydrogens is 247 g/mol. The lowest BCUT2D eigenvalue weighted by Crippen LogP contribution is -2.33. The average molecular weight is 264 g/mol. The Hall–Kier alpha value is -1.75. The first-order chi connectivity index (χ1) is 8.85. The van der Waals surface area contributed by atoms with Crippen LogP contribution in [0.1, 0.15) is 31.4 Å². The first-order valence-electron chi connectivity index (χ1n) is 6.17. The standard InChI is InChI=1S/C14H17FN2O2/c1-14(2)6-12(18)17(13(14)19)8-9-3-4-11(15)5-10(9)7-16/h3-5H,6-8,16H2,1-2H3. The molecule has 0 saturated carbocycles. The third-order valence-electron chi connectivity index (χ3n) is 3.44. The molecule has 0 aromatic heterocycles. The summed E-state index contributed by atoms with van der Waals surface area (Å²) in [5.41, 5.74) is 6.24. The van der Waals surface area contributed by atoms with Crippen molar-refractivity contribution in [3.05, 3.63) is 35.1 Å². The van der Waals surface area contributed by atoms with Crippen LogP contribution in [0.3, 0.4) is 0 Å². The lowest BCUT2D eigenvalue weighted by atomic mass is 9.92. The third kappa shape index (κ3) is 2.51. The monoisotopic (exact) mass is 264 g/mol. The number of benzene rings is 1. The van der Waals surface area contributed by atoms with Crippen LogP contribution in [-0.4, -0.2) is 16.7 Å². The topological polar surface area (TPSA) is 63.4 Å². The minimum atomic E-state index is -0.653. The molecule has 1 aliphatic heterocycles. The summed E-state index contributed by atoms with van der Waals surface area (Å²) in [5, 5.41) is 0. The Morgan fingerprint density at radius 2 is 2.00 bits per heavy atom. The van der Waals surface area contributed by atoms with Gasteiger partial charge in [-0.25, -0.2) is 4.39 Å². The van der Waals surface area contributed by atoms with E-state index in [2.05, 4.69) is 0 Å². The molecule has 1 aromatic carbocycles. The van der Waals surface area contributed by atoms with Gasteiger partial charge in [0, 0.05) is 13.0 Å². The van der Waals surface area contributed by atoms with E-state index in [4.69, 9.17) is 5.73 Å². The molecule has 1 aromatic rings. The number of rotatable bonds is 3. The van der Waals surface area contributed by atoms with Crippen molar-refractivity contribution in [2.24, 2.45) is 11.1 Å². The fourth-order valence-electron chi connectivity index (χ4n) is 2.30. The van der Waals surface area contributed by atoms with Crippen LogP contribution in [0.5, 0.6) is 0 Å². The molecule has 0 aliphatic carbocycles. The fraction of sp³-hybridized carbons (Fsp3) is 0.429. The lowest BCUT2D eigenvalue weighted by molar-refractivity contribution is -0.141. The van der Waals surface area contributed by atoms with Crippen molar-refractivity contribution in [3.8, 4) is 0 Å². The first-order valence-corrected chi connectivity index (χ1v) is 6.17. The van der Waals surface area contributed by atoms with Crippen LogP contribution in [-0.2, 0) is 22.7 Å². The number of hydrogen-bond donors (Lipinski definition) is 1. The third-order valence-corrected chi connectivity index (χ3v) is 3.44. The zero-order valence-corrected chi connectivity index (χ0v) is 11.1. The maximum atomic E-state index is 13.1. The summed E-state index contributed by atoms with van der Waals surface area (Å²) in [6.45, 7) is 3.84. The van der Waals surface area contributed by atoms with Gasteiger partial charge in [-0.1, -0.05) is 19.9 Å². The van der Waals surface area contributed by atoms with Gasteiger partial charge in [-0.2, -0.15) is 0 Å². The summed E-state index contributed by atoms with van der Waals surface area (Å²) in [6, 6.07) is 4.22. The first kappa shape index (κ1) is 13.7. The maximum Gasteiger partial charge on any atom is 0.235 e. The second kappa shape index (κ2) is 4.74. The Morgan fingerprint density at radius 3 is 2.53 bits per heavy atom. The predicted molar refractivity (Wildman–Crippen MR) is 68.2 cm³/mol. The molecule has 1 heterocycles. The van der Waals surface area contributed by atoms with Crippen LogP contribution < -0.4 is 5.73 Å². The zero-order chi connectivity index (χ0) is 14.2. The van der Waals surface area contributed by atoms with Crippen molar-refractivity contribution in [2.75, 3.05) is 0 Å². The number of amides is 2. The number of halogens is 1. The minimum absolute atomic E-state index is 0.161. The van der Waals surface area contributed by atoms with Crippen LogP contribution in [0.4, 0.5) is 4.39 Å². The van der Waals surface area contributed by atoms with E-state index in [1.54, 1.807) is 19.9 Å². The Bertz CT molecular complexity index is 540. The van der Waals surface area contributed by atoms with E-state index in [0.29, 0.717) is 11.1 Å². The molecule has 0 atom stereocenters. The number of nitrogens with two attached hydrogens (primary N) is 1. The molecule has 19 heavy (non-hydrogen) atoms. The number of hydrogen-bond acceptors (Lipinski definition) is 3. The molecule has 4 nitrogen and oxygen atoms in total. The van der Waals surface area contributed by atoms with Gasteiger partial charge in [-0.15, -0.1) is 0 Å². The number of carbonyl (C=O) groups excluding carboxylic acids is 2. The van der Waals surface area contributed by atoms with Crippen LogP contribution in [0, 0.1) is 11.2 Å². The van der Waals surface area contributed by atoms with E-state index in [1.807, 2.05) is 0 Å². The van der Waals surface area contributed by atoms with Gasteiger partial charge in [0.2, 0.25) is 11.8 Å². The van der Waals surface area contributed by atoms with Gasteiger partial charge in [0.1, 0.15) is 5.82 Å². The Balaban J connectivity index is 2.27. The Labute approximate surface area is 111 Å². The van der Waals surface area contributed by atoms with Gasteiger partial charge in [0.25, 0.3) is 0 Å². The fourth-order valence-corrected chi connectivity index (χ4v) is 2.30. The average Bonchev–Trinajstić information content (AvgIpc) is 2.53. The molecule has 0 spiro atoms. The summed E-state index contributed by atoms with van der Waals surface area (Å²) in [6.07, 6.45) is 0.213. The molecule has 5 heteroatoms. The van der Waals surface area contributed by atoms with Crippen LogP contribution in [0.15, 0.2) is 18.2 Å². The molecule has 102 valence electrons. The highest BCUT2D eigenvalue weighted by Crippen LogP contribution is 2.32. The van der Waals surface area contributed by atoms with Crippen LogP contribution in [0.2, 0.25) is 0 Å². The van der Waals surface area contributed by atoms with Crippen LogP contribution >= 0.6 is 0 Å². The second-order valence-electron chi connectivity index (χ2n) is 5.46.